The molecule has 0 aromatic rings. The van der Waals surface area contributed by atoms with Gasteiger partial charge in [0.25, 0.3) is 0 Å². The van der Waals surface area contributed by atoms with Crippen molar-refractivity contribution in [3.63, 3.8) is 0 Å². The molecule has 3 nitrogen and oxygen atoms in total. The van der Waals surface area contributed by atoms with Crippen LogP contribution in [-0.4, -0.2) is 19.2 Å². The predicted octanol–water partition coefficient (Wildman–Crippen LogP) is 2.27. The maximum atomic E-state index is 11.6. The third-order valence-electron chi connectivity index (χ3n) is 3.28. The van der Waals surface area contributed by atoms with E-state index in [0.29, 0.717) is 11.8 Å². The Morgan fingerprint density at radius 2 is 2.13 bits per heavy atom. The van der Waals surface area contributed by atoms with Crippen LogP contribution in [0.15, 0.2) is 11.3 Å². The van der Waals surface area contributed by atoms with Crippen LogP contribution in [0.25, 0.3) is 0 Å². The highest BCUT2D eigenvalue weighted by Gasteiger charge is 2.38. The molecule has 1 heterocycles. The highest BCUT2D eigenvalue weighted by molar-refractivity contribution is 5.89. The van der Waals surface area contributed by atoms with Gasteiger partial charge in [-0.3, -0.25) is 0 Å². The standard InChI is InChI=1S/C12H18O3/c1-7-4-9-6-8(2)15-11(9)10(5-7)12(13)14-3/h7-9H,4-6H2,1-3H3. The molecule has 3 heteroatoms. The van der Waals surface area contributed by atoms with Crippen LogP contribution in [0, 0.1) is 11.8 Å². The molecule has 0 bridgehead atoms. The van der Waals surface area contributed by atoms with Crippen LogP contribution in [0.3, 0.4) is 0 Å². The molecule has 0 amide bonds. The highest BCUT2D eigenvalue weighted by atomic mass is 16.5. The second kappa shape index (κ2) is 3.87. The summed E-state index contributed by atoms with van der Waals surface area (Å²) in [6.45, 7) is 4.24. The Morgan fingerprint density at radius 3 is 2.80 bits per heavy atom. The van der Waals surface area contributed by atoms with Crippen molar-refractivity contribution in [2.45, 2.75) is 39.2 Å². The summed E-state index contributed by atoms with van der Waals surface area (Å²) in [5.41, 5.74) is 0.769. The van der Waals surface area contributed by atoms with E-state index < -0.39 is 0 Å². The second-order valence-electron chi connectivity index (χ2n) is 4.74. The molecule has 3 atom stereocenters. The summed E-state index contributed by atoms with van der Waals surface area (Å²) in [6, 6.07) is 0. The van der Waals surface area contributed by atoms with Gasteiger partial charge in [-0.05, 0) is 32.1 Å². The molecule has 2 rings (SSSR count). The molecular formula is C12H18O3. The summed E-state index contributed by atoms with van der Waals surface area (Å²) in [5, 5.41) is 0. The number of ether oxygens (including phenoxy) is 2. The zero-order chi connectivity index (χ0) is 11.0. The van der Waals surface area contributed by atoms with Gasteiger partial charge in [-0.1, -0.05) is 6.92 Å². The summed E-state index contributed by atoms with van der Waals surface area (Å²) in [7, 11) is 1.43. The Bertz CT molecular complexity index is 306. The molecule has 1 aliphatic carbocycles. The normalized spacial score (nSPS) is 34.7. The van der Waals surface area contributed by atoms with Crippen LogP contribution in [0.5, 0.6) is 0 Å². The van der Waals surface area contributed by atoms with Gasteiger partial charge < -0.3 is 9.47 Å². The molecule has 2 aliphatic rings. The van der Waals surface area contributed by atoms with Crippen LogP contribution in [0.1, 0.15) is 33.1 Å². The molecule has 0 aromatic heterocycles. The third kappa shape index (κ3) is 1.87. The fourth-order valence-corrected chi connectivity index (χ4v) is 2.71. The number of carbonyl (C=O) groups is 1. The average Bonchev–Trinajstić information content (AvgIpc) is 2.55. The van der Waals surface area contributed by atoms with Crippen molar-refractivity contribution < 1.29 is 14.3 Å². The number of methoxy groups -OCH3 is 1. The van der Waals surface area contributed by atoms with Crippen LogP contribution >= 0.6 is 0 Å². The van der Waals surface area contributed by atoms with Gasteiger partial charge in [0.15, 0.2) is 0 Å². The smallest absolute Gasteiger partial charge is 0.337 e. The maximum Gasteiger partial charge on any atom is 0.337 e. The molecule has 0 saturated carbocycles. The van der Waals surface area contributed by atoms with E-state index in [9.17, 15) is 4.79 Å². The minimum absolute atomic E-state index is 0.212. The molecule has 3 unspecified atom stereocenters. The van der Waals surface area contributed by atoms with Crippen molar-refractivity contribution in [1.29, 1.82) is 0 Å². The molecule has 15 heavy (non-hydrogen) atoms. The summed E-state index contributed by atoms with van der Waals surface area (Å²) < 4.78 is 10.5. The minimum atomic E-state index is -0.212. The SMILES string of the molecule is COC(=O)C1=C2OC(C)CC2CC(C)C1. The molecular weight excluding hydrogens is 192 g/mol. The summed E-state index contributed by atoms with van der Waals surface area (Å²) in [5.74, 6) is 1.70. The quantitative estimate of drug-likeness (QED) is 0.623. The fraction of sp³-hybridized carbons (Fsp3) is 0.750. The van der Waals surface area contributed by atoms with Crippen molar-refractivity contribution in [3.8, 4) is 0 Å². The number of hydrogen-bond donors (Lipinski definition) is 0. The number of fused-ring (bicyclic) bond motifs is 1. The van der Waals surface area contributed by atoms with E-state index in [2.05, 4.69) is 13.8 Å². The Kier molecular flexibility index (Phi) is 2.72. The third-order valence-corrected chi connectivity index (χ3v) is 3.28. The maximum absolute atomic E-state index is 11.6. The molecule has 0 aromatic carbocycles. The molecule has 84 valence electrons. The first-order valence-electron chi connectivity index (χ1n) is 5.59. The minimum Gasteiger partial charge on any atom is -0.494 e. The number of hydrogen-bond acceptors (Lipinski definition) is 3. The average molecular weight is 210 g/mol. The predicted molar refractivity (Wildman–Crippen MR) is 56.1 cm³/mol. The fourth-order valence-electron chi connectivity index (χ4n) is 2.71. The first-order valence-corrected chi connectivity index (χ1v) is 5.59. The number of esters is 1. The Labute approximate surface area is 90.4 Å². The lowest BCUT2D eigenvalue weighted by Crippen LogP contribution is -2.20. The Morgan fingerprint density at radius 1 is 1.40 bits per heavy atom. The van der Waals surface area contributed by atoms with Gasteiger partial charge in [-0.25, -0.2) is 4.79 Å². The molecule has 1 fully saturated rings. The van der Waals surface area contributed by atoms with Gasteiger partial charge in [-0.2, -0.15) is 0 Å². The largest absolute Gasteiger partial charge is 0.494 e. The van der Waals surface area contributed by atoms with Gasteiger partial charge >= 0.3 is 5.97 Å². The summed E-state index contributed by atoms with van der Waals surface area (Å²) >= 11 is 0. The van der Waals surface area contributed by atoms with Gasteiger partial charge in [0.05, 0.1) is 18.8 Å². The summed E-state index contributed by atoms with van der Waals surface area (Å²) in [6.07, 6.45) is 3.22. The summed E-state index contributed by atoms with van der Waals surface area (Å²) in [4.78, 5) is 11.6. The van der Waals surface area contributed by atoms with E-state index in [1.165, 1.54) is 7.11 Å². The lowest BCUT2D eigenvalue weighted by atomic mass is 9.81. The number of carbonyl (C=O) groups excluding carboxylic acids is 1. The van der Waals surface area contributed by atoms with E-state index in [0.717, 1.165) is 30.6 Å². The molecule has 0 spiro atoms. The first-order chi connectivity index (χ1) is 7.11. The van der Waals surface area contributed by atoms with Gasteiger partial charge in [0, 0.05) is 5.92 Å². The zero-order valence-electron chi connectivity index (χ0n) is 9.58. The zero-order valence-corrected chi connectivity index (χ0v) is 9.58. The van der Waals surface area contributed by atoms with Crippen molar-refractivity contribution in [3.05, 3.63) is 11.3 Å². The monoisotopic (exact) mass is 210 g/mol. The molecule has 1 saturated heterocycles. The van der Waals surface area contributed by atoms with Gasteiger partial charge in [0.2, 0.25) is 0 Å². The molecule has 0 N–H and O–H groups in total. The lowest BCUT2D eigenvalue weighted by Gasteiger charge is -2.24. The van der Waals surface area contributed by atoms with Crippen molar-refractivity contribution in [2.75, 3.05) is 7.11 Å². The highest BCUT2D eigenvalue weighted by Crippen LogP contribution is 2.42. The molecule has 1 aliphatic heterocycles. The van der Waals surface area contributed by atoms with E-state index >= 15 is 0 Å². The van der Waals surface area contributed by atoms with E-state index in [1.807, 2.05) is 0 Å². The van der Waals surface area contributed by atoms with Crippen molar-refractivity contribution >= 4 is 5.97 Å². The number of rotatable bonds is 1. The second-order valence-corrected chi connectivity index (χ2v) is 4.74. The molecule has 0 radical (unpaired) electrons. The van der Waals surface area contributed by atoms with Crippen LogP contribution in [-0.2, 0) is 14.3 Å². The van der Waals surface area contributed by atoms with E-state index in [4.69, 9.17) is 9.47 Å². The van der Waals surface area contributed by atoms with Gasteiger partial charge in [-0.15, -0.1) is 0 Å². The van der Waals surface area contributed by atoms with Crippen LogP contribution in [0.4, 0.5) is 0 Å². The first kappa shape index (κ1) is 10.5. The lowest BCUT2D eigenvalue weighted by molar-refractivity contribution is -0.136. The van der Waals surface area contributed by atoms with Crippen molar-refractivity contribution in [2.24, 2.45) is 11.8 Å². The van der Waals surface area contributed by atoms with E-state index in [-0.39, 0.29) is 12.1 Å². The van der Waals surface area contributed by atoms with Crippen LogP contribution in [0.2, 0.25) is 0 Å². The van der Waals surface area contributed by atoms with Crippen LogP contribution < -0.4 is 0 Å². The topological polar surface area (TPSA) is 35.5 Å². The Hall–Kier alpha value is -0.990. The van der Waals surface area contributed by atoms with Gasteiger partial charge in [0.1, 0.15) is 5.76 Å². The van der Waals surface area contributed by atoms with E-state index in [1.54, 1.807) is 0 Å². The number of allylic oxidation sites excluding steroid dienone is 1. The van der Waals surface area contributed by atoms with Crippen molar-refractivity contribution in [1.82, 2.24) is 0 Å². The Balaban J connectivity index is 2.30.